The summed E-state index contributed by atoms with van der Waals surface area (Å²) < 4.78 is 41.5. The lowest BCUT2D eigenvalue weighted by Gasteiger charge is -2.42. The van der Waals surface area contributed by atoms with Gasteiger partial charge in [-0.1, -0.05) is 61.0 Å². The Morgan fingerprint density at radius 2 is 1.53 bits per heavy atom. The van der Waals surface area contributed by atoms with Gasteiger partial charge in [-0.2, -0.15) is 4.72 Å². The third kappa shape index (κ3) is 6.59. The zero-order valence-corrected chi connectivity index (χ0v) is 26.4. The molecule has 208 valence electrons. The van der Waals surface area contributed by atoms with Crippen LogP contribution in [0, 0.1) is 5.92 Å². The maximum absolute atomic E-state index is 13.4. The molecule has 10 heteroatoms. The topological polar surface area (TPSA) is 102 Å². The monoisotopic (exact) mass is 623 g/mol. The first kappa shape index (κ1) is 30.6. The number of aliphatic carboxylic acids is 1. The molecule has 0 fully saturated rings. The maximum atomic E-state index is 13.4. The fourth-order valence-electron chi connectivity index (χ4n) is 4.27. The van der Waals surface area contributed by atoms with Crippen molar-refractivity contribution in [2.45, 2.75) is 75.2 Å². The predicted molar refractivity (Wildman–Crippen MR) is 157 cm³/mol. The molecule has 0 radical (unpaired) electrons. The number of carboxylic acids is 1. The third-order valence-electron chi connectivity index (χ3n) is 7.75. The van der Waals surface area contributed by atoms with Crippen LogP contribution in [0.15, 0.2) is 64.0 Å². The van der Waals surface area contributed by atoms with Crippen molar-refractivity contribution in [3.63, 3.8) is 0 Å². The average molecular weight is 625 g/mol. The minimum Gasteiger partial charge on any atom is -0.497 e. The van der Waals surface area contributed by atoms with Gasteiger partial charge in [0.15, 0.2) is 8.32 Å². The molecule has 0 spiro atoms. The van der Waals surface area contributed by atoms with E-state index in [4.69, 9.17) is 9.16 Å². The van der Waals surface area contributed by atoms with Crippen molar-refractivity contribution in [1.82, 2.24) is 4.72 Å². The van der Waals surface area contributed by atoms with Gasteiger partial charge in [0.2, 0.25) is 10.0 Å². The Hall–Kier alpha value is -1.98. The third-order valence-corrected chi connectivity index (χ3v) is 14.7. The van der Waals surface area contributed by atoms with Crippen LogP contribution in [0.1, 0.15) is 40.5 Å². The lowest BCUT2D eigenvalue weighted by molar-refractivity contribution is -0.145. The maximum Gasteiger partial charge on any atom is 0.325 e. The number of hydrogen-bond donors (Lipinski definition) is 2. The lowest BCUT2D eigenvalue weighted by atomic mass is 9.79. The number of ether oxygens (including phenoxy) is 1. The molecule has 0 amide bonds. The van der Waals surface area contributed by atoms with Crippen LogP contribution in [0.25, 0.3) is 11.1 Å². The zero-order chi connectivity index (χ0) is 28.5. The standard InChI is InChI=1S/C28H38BrNO6SSi/c1-27(2,3)38(6,7)36-22-14-17-24(25(29)18-22)28(4,26(31)32)30-37(33,34)23-15-10-20(11-16-23)19-8-12-21(35-5)13-9-19/h8-13,15-16,18,22,24,30H,14,17H2,1-7H3,(H,31,32)/t22-,24+,28?/m0/s1. The van der Waals surface area contributed by atoms with E-state index in [9.17, 15) is 18.3 Å². The highest BCUT2D eigenvalue weighted by Crippen LogP contribution is 2.42. The lowest BCUT2D eigenvalue weighted by Crippen LogP contribution is -2.58. The largest absolute Gasteiger partial charge is 0.497 e. The zero-order valence-electron chi connectivity index (χ0n) is 23.0. The number of carbonyl (C=O) groups is 1. The summed E-state index contributed by atoms with van der Waals surface area (Å²) in [5.41, 5.74) is -0.0211. The fourth-order valence-corrected chi connectivity index (χ4v) is 7.95. The number of hydrogen-bond acceptors (Lipinski definition) is 5. The second-order valence-corrected chi connectivity index (χ2v) is 18.8. The number of carboxylic acid groups (broad SMARTS) is 1. The summed E-state index contributed by atoms with van der Waals surface area (Å²) in [6.45, 7) is 12.3. The number of sulfonamides is 1. The first-order valence-electron chi connectivity index (χ1n) is 12.6. The highest BCUT2D eigenvalue weighted by Gasteiger charge is 2.48. The molecule has 1 aliphatic carbocycles. The second kappa shape index (κ2) is 11.2. The minimum atomic E-state index is -4.13. The van der Waals surface area contributed by atoms with Gasteiger partial charge in [-0.3, -0.25) is 4.79 Å². The molecule has 2 aromatic rings. The molecule has 0 aliphatic heterocycles. The Kier molecular flexibility index (Phi) is 9.05. The molecule has 2 aromatic carbocycles. The van der Waals surface area contributed by atoms with Crippen molar-refractivity contribution in [2.75, 3.05) is 7.11 Å². The Morgan fingerprint density at radius 1 is 1.00 bits per heavy atom. The minimum absolute atomic E-state index is 0.00251. The molecule has 0 saturated heterocycles. The van der Waals surface area contributed by atoms with Gasteiger partial charge >= 0.3 is 5.97 Å². The number of benzene rings is 2. The second-order valence-electron chi connectivity index (χ2n) is 11.5. The van der Waals surface area contributed by atoms with E-state index in [1.54, 1.807) is 19.2 Å². The van der Waals surface area contributed by atoms with E-state index >= 15 is 0 Å². The molecule has 0 aromatic heterocycles. The van der Waals surface area contributed by atoms with Crippen LogP contribution in [0.4, 0.5) is 0 Å². The Balaban J connectivity index is 1.82. The van der Waals surface area contributed by atoms with Gasteiger partial charge in [-0.25, -0.2) is 8.42 Å². The molecular formula is C28H38BrNO6SSi. The van der Waals surface area contributed by atoms with Gasteiger partial charge in [0, 0.05) is 5.92 Å². The van der Waals surface area contributed by atoms with Crippen LogP contribution in [0.5, 0.6) is 5.75 Å². The number of halogens is 1. The average Bonchev–Trinajstić information content (AvgIpc) is 2.83. The molecule has 3 rings (SSSR count). The SMILES string of the molecule is COc1ccc(-c2ccc(S(=O)(=O)NC(C)(C(=O)O)[C@@H]3CC[C@H](O[Si](C)(C)C(C)(C)C)C=C3Br)cc2)cc1. The van der Waals surface area contributed by atoms with Crippen LogP contribution in [-0.2, 0) is 19.2 Å². The Labute approximate surface area is 235 Å². The van der Waals surface area contributed by atoms with Crippen LogP contribution < -0.4 is 9.46 Å². The van der Waals surface area contributed by atoms with E-state index in [0.717, 1.165) is 16.9 Å². The summed E-state index contributed by atoms with van der Waals surface area (Å²) in [5, 5.41) is 10.2. The van der Waals surface area contributed by atoms with E-state index < -0.39 is 35.8 Å². The summed E-state index contributed by atoms with van der Waals surface area (Å²) in [7, 11) is -4.57. The quantitative estimate of drug-likeness (QED) is 0.307. The van der Waals surface area contributed by atoms with E-state index in [-0.39, 0.29) is 16.0 Å². The van der Waals surface area contributed by atoms with E-state index in [2.05, 4.69) is 54.5 Å². The molecule has 7 nitrogen and oxygen atoms in total. The molecule has 1 unspecified atom stereocenters. The summed E-state index contributed by atoms with van der Waals surface area (Å²) >= 11 is 3.56. The van der Waals surface area contributed by atoms with Gasteiger partial charge in [-0.15, -0.1) is 0 Å². The molecule has 0 bridgehead atoms. The normalized spacial score (nSPS) is 20.4. The molecule has 0 heterocycles. The summed E-state index contributed by atoms with van der Waals surface area (Å²) in [5.74, 6) is -1.10. The van der Waals surface area contributed by atoms with Crippen molar-refractivity contribution >= 4 is 40.2 Å². The summed E-state index contributed by atoms with van der Waals surface area (Å²) in [6, 6.07) is 13.8. The molecular weight excluding hydrogens is 586 g/mol. The van der Waals surface area contributed by atoms with Crippen molar-refractivity contribution in [2.24, 2.45) is 5.92 Å². The van der Waals surface area contributed by atoms with Gasteiger partial charge in [0.05, 0.1) is 18.1 Å². The number of nitrogens with one attached hydrogen (secondary N) is 1. The van der Waals surface area contributed by atoms with Crippen LogP contribution in [0.2, 0.25) is 18.1 Å². The van der Waals surface area contributed by atoms with Crippen molar-refractivity contribution in [1.29, 1.82) is 0 Å². The highest BCUT2D eigenvalue weighted by atomic mass is 79.9. The Morgan fingerprint density at radius 3 is 1.97 bits per heavy atom. The summed E-state index contributed by atoms with van der Waals surface area (Å²) in [4.78, 5) is 12.5. The van der Waals surface area contributed by atoms with Crippen molar-refractivity contribution in [3.8, 4) is 16.9 Å². The Bertz CT molecular complexity index is 1290. The summed E-state index contributed by atoms with van der Waals surface area (Å²) in [6.07, 6.45) is 2.81. The number of methoxy groups -OCH3 is 1. The molecule has 3 atom stereocenters. The number of rotatable bonds is 9. The van der Waals surface area contributed by atoms with Gasteiger partial charge in [0.1, 0.15) is 11.3 Å². The van der Waals surface area contributed by atoms with Gasteiger partial charge in [-0.05, 0) is 83.8 Å². The van der Waals surface area contributed by atoms with Crippen LogP contribution >= 0.6 is 15.9 Å². The molecule has 38 heavy (non-hydrogen) atoms. The van der Waals surface area contributed by atoms with Crippen molar-refractivity contribution in [3.05, 3.63) is 59.1 Å². The van der Waals surface area contributed by atoms with E-state index in [1.165, 1.54) is 19.1 Å². The van der Waals surface area contributed by atoms with Crippen molar-refractivity contribution < 1.29 is 27.5 Å². The first-order valence-corrected chi connectivity index (χ1v) is 17.8. The van der Waals surface area contributed by atoms with Crippen LogP contribution in [-0.4, -0.2) is 46.6 Å². The molecule has 2 N–H and O–H groups in total. The molecule has 1 aliphatic rings. The first-order chi connectivity index (χ1) is 17.5. The predicted octanol–water partition coefficient (Wildman–Crippen LogP) is 6.56. The van der Waals surface area contributed by atoms with E-state index in [0.29, 0.717) is 17.3 Å². The van der Waals surface area contributed by atoms with Crippen LogP contribution in [0.3, 0.4) is 0 Å². The van der Waals surface area contributed by atoms with Gasteiger partial charge in [0.25, 0.3) is 0 Å². The van der Waals surface area contributed by atoms with Gasteiger partial charge < -0.3 is 14.3 Å². The fraction of sp³-hybridized carbons (Fsp3) is 0.464. The van der Waals surface area contributed by atoms with E-state index in [1.807, 2.05) is 30.3 Å². The highest BCUT2D eigenvalue weighted by molar-refractivity contribution is 9.11. The smallest absolute Gasteiger partial charge is 0.325 e. The molecule has 0 saturated carbocycles.